The summed E-state index contributed by atoms with van der Waals surface area (Å²) in [7, 11) is 0. The highest BCUT2D eigenvalue weighted by molar-refractivity contribution is 5.55. The third kappa shape index (κ3) is 8.02. The number of benzene rings is 4. The molecule has 0 aliphatic carbocycles. The number of aliphatic hydroxyl groups is 1. The van der Waals surface area contributed by atoms with E-state index in [2.05, 4.69) is 4.74 Å². The standard InChI is InChI=1S/C33H30F7NO3/c1-21(2)23-9-6-11-25(17-23)43-26-12-7-10-24(18-26)41(30(20-42)28-14-3-4-15-29(28)32(36,37)38)19-22-8-5-13-27(16-22)44-33(39,40)31(34)35/h3-18,21,30-31,42H,19-20H2,1-2H3. The average Bonchev–Trinajstić information content (AvgIpc) is 2.97. The zero-order chi connectivity index (χ0) is 32.1. The lowest BCUT2D eigenvalue weighted by molar-refractivity contribution is -0.253. The summed E-state index contributed by atoms with van der Waals surface area (Å²) in [5.74, 6) is 0.555. The van der Waals surface area contributed by atoms with E-state index in [0.29, 0.717) is 17.2 Å². The van der Waals surface area contributed by atoms with Crippen LogP contribution in [0.5, 0.6) is 17.2 Å². The third-order valence-corrected chi connectivity index (χ3v) is 6.84. The van der Waals surface area contributed by atoms with Gasteiger partial charge in [-0.2, -0.15) is 30.7 Å². The number of hydrogen-bond donors (Lipinski definition) is 1. The highest BCUT2D eigenvalue weighted by atomic mass is 19.4. The molecule has 0 aromatic heterocycles. The first kappa shape index (κ1) is 32.7. The largest absolute Gasteiger partial charge is 0.461 e. The minimum Gasteiger partial charge on any atom is -0.457 e. The maximum atomic E-state index is 14.0. The summed E-state index contributed by atoms with van der Waals surface area (Å²) in [6.07, 6.45) is -13.6. The van der Waals surface area contributed by atoms with Gasteiger partial charge in [0.25, 0.3) is 0 Å². The summed E-state index contributed by atoms with van der Waals surface area (Å²) in [4.78, 5) is 1.45. The van der Waals surface area contributed by atoms with Crippen LogP contribution in [0.15, 0.2) is 97.1 Å². The van der Waals surface area contributed by atoms with Gasteiger partial charge in [-0.3, -0.25) is 0 Å². The fraction of sp³-hybridized carbons (Fsp3) is 0.273. The first-order valence-electron chi connectivity index (χ1n) is 13.6. The molecule has 0 aliphatic heterocycles. The predicted octanol–water partition coefficient (Wildman–Crippen LogP) is 9.60. The first-order chi connectivity index (χ1) is 20.8. The Hall–Kier alpha value is -4.25. The molecule has 0 fully saturated rings. The summed E-state index contributed by atoms with van der Waals surface area (Å²) < 4.78 is 105. The van der Waals surface area contributed by atoms with Gasteiger partial charge in [0.05, 0.1) is 18.2 Å². The zero-order valence-electron chi connectivity index (χ0n) is 23.7. The number of nitrogens with zero attached hydrogens (tertiary/aromatic N) is 1. The zero-order valence-corrected chi connectivity index (χ0v) is 23.7. The van der Waals surface area contributed by atoms with Crippen LogP contribution in [-0.2, 0) is 12.7 Å². The molecule has 0 saturated heterocycles. The van der Waals surface area contributed by atoms with E-state index in [9.17, 15) is 35.8 Å². The van der Waals surface area contributed by atoms with Crippen LogP contribution in [0.4, 0.5) is 36.4 Å². The van der Waals surface area contributed by atoms with Crippen molar-refractivity contribution in [1.29, 1.82) is 0 Å². The molecule has 0 bridgehead atoms. The molecular formula is C33H30F7NO3. The fourth-order valence-corrected chi connectivity index (χ4v) is 4.70. The molecule has 0 radical (unpaired) electrons. The maximum Gasteiger partial charge on any atom is 0.461 e. The number of anilines is 1. The first-order valence-corrected chi connectivity index (χ1v) is 13.6. The predicted molar refractivity (Wildman–Crippen MR) is 153 cm³/mol. The summed E-state index contributed by atoms with van der Waals surface area (Å²) in [5.41, 5.74) is 0.420. The molecule has 1 unspecified atom stereocenters. The fourth-order valence-electron chi connectivity index (χ4n) is 4.70. The van der Waals surface area contributed by atoms with Crippen molar-refractivity contribution in [2.24, 2.45) is 0 Å². The Morgan fingerprint density at radius 3 is 2.05 bits per heavy atom. The van der Waals surface area contributed by atoms with Crippen molar-refractivity contribution in [3.05, 3.63) is 119 Å². The van der Waals surface area contributed by atoms with E-state index in [1.165, 1.54) is 35.2 Å². The van der Waals surface area contributed by atoms with E-state index in [1.807, 2.05) is 32.0 Å². The Bertz CT molecular complexity index is 1540. The molecule has 11 heteroatoms. The Morgan fingerprint density at radius 2 is 1.39 bits per heavy atom. The van der Waals surface area contributed by atoms with E-state index in [1.54, 1.807) is 30.3 Å². The molecule has 4 aromatic carbocycles. The van der Waals surface area contributed by atoms with Crippen LogP contribution in [0.1, 0.15) is 48.1 Å². The number of aliphatic hydroxyl groups excluding tert-OH is 1. The van der Waals surface area contributed by atoms with Crippen LogP contribution in [0.25, 0.3) is 0 Å². The number of ether oxygens (including phenoxy) is 2. The molecule has 0 aliphatic rings. The van der Waals surface area contributed by atoms with Crippen molar-refractivity contribution in [3.8, 4) is 17.2 Å². The Kier molecular flexibility index (Phi) is 10.1. The second kappa shape index (κ2) is 13.6. The summed E-state index contributed by atoms with van der Waals surface area (Å²) >= 11 is 0. The van der Waals surface area contributed by atoms with Gasteiger partial charge in [0.15, 0.2) is 0 Å². The van der Waals surface area contributed by atoms with E-state index in [0.717, 1.165) is 23.8 Å². The van der Waals surface area contributed by atoms with Gasteiger partial charge in [-0.15, -0.1) is 0 Å². The average molecular weight is 622 g/mol. The van der Waals surface area contributed by atoms with E-state index >= 15 is 0 Å². The van der Waals surface area contributed by atoms with Gasteiger partial charge < -0.3 is 19.5 Å². The smallest absolute Gasteiger partial charge is 0.457 e. The lowest BCUT2D eigenvalue weighted by Gasteiger charge is -2.35. The van der Waals surface area contributed by atoms with Crippen LogP contribution in [0.3, 0.4) is 0 Å². The van der Waals surface area contributed by atoms with Gasteiger partial charge in [0.1, 0.15) is 17.2 Å². The topological polar surface area (TPSA) is 41.9 Å². The van der Waals surface area contributed by atoms with Crippen LogP contribution in [0, 0.1) is 0 Å². The van der Waals surface area contributed by atoms with Crippen LogP contribution in [-0.4, -0.2) is 24.2 Å². The third-order valence-electron chi connectivity index (χ3n) is 6.84. The highest BCUT2D eigenvalue weighted by Crippen LogP contribution is 2.40. The maximum absolute atomic E-state index is 14.0. The molecule has 0 amide bonds. The second-order valence-electron chi connectivity index (χ2n) is 10.3. The normalized spacial score (nSPS) is 12.8. The SMILES string of the molecule is CC(C)c1cccc(Oc2cccc(N(Cc3cccc(OC(F)(F)C(F)F)c3)C(CO)c3ccccc3C(F)(F)F)c2)c1. The monoisotopic (exact) mass is 621 g/mol. The Balaban J connectivity index is 1.77. The van der Waals surface area contributed by atoms with Gasteiger partial charge in [0, 0.05) is 18.3 Å². The highest BCUT2D eigenvalue weighted by Gasteiger charge is 2.44. The molecule has 1 atom stereocenters. The van der Waals surface area contributed by atoms with E-state index in [4.69, 9.17) is 4.74 Å². The molecule has 4 rings (SSSR count). The number of halogens is 7. The van der Waals surface area contributed by atoms with Gasteiger partial charge >= 0.3 is 18.7 Å². The van der Waals surface area contributed by atoms with Crippen molar-refractivity contribution in [1.82, 2.24) is 0 Å². The van der Waals surface area contributed by atoms with Gasteiger partial charge in [-0.05, 0) is 65.1 Å². The van der Waals surface area contributed by atoms with Crippen molar-refractivity contribution in [2.45, 2.75) is 51.1 Å². The molecule has 44 heavy (non-hydrogen) atoms. The molecule has 1 N–H and O–H groups in total. The lowest BCUT2D eigenvalue weighted by Crippen LogP contribution is -2.34. The number of rotatable bonds is 12. The van der Waals surface area contributed by atoms with Gasteiger partial charge in [-0.1, -0.05) is 62.4 Å². The minimum atomic E-state index is -4.75. The van der Waals surface area contributed by atoms with E-state index < -0.39 is 42.7 Å². The lowest BCUT2D eigenvalue weighted by atomic mass is 9.97. The van der Waals surface area contributed by atoms with Crippen LogP contribution in [0.2, 0.25) is 0 Å². The minimum absolute atomic E-state index is 0.221. The summed E-state index contributed by atoms with van der Waals surface area (Å²) in [5, 5.41) is 10.5. The van der Waals surface area contributed by atoms with Crippen LogP contribution < -0.4 is 14.4 Å². The van der Waals surface area contributed by atoms with Gasteiger partial charge in [-0.25, -0.2) is 0 Å². The molecular weight excluding hydrogens is 591 g/mol. The molecule has 4 nitrogen and oxygen atoms in total. The second-order valence-corrected chi connectivity index (χ2v) is 10.3. The van der Waals surface area contributed by atoms with Crippen molar-refractivity contribution < 1.29 is 45.3 Å². The number of alkyl halides is 7. The molecule has 4 aromatic rings. The van der Waals surface area contributed by atoms with Crippen molar-refractivity contribution >= 4 is 5.69 Å². The Labute approximate surface area is 250 Å². The molecule has 0 heterocycles. The molecule has 0 spiro atoms. The summed E-state index contributed by atoms with van der Waals surface area (Å²) in [6.45, 7) is 3.08. The van der Waals surface area contributed by atoms with Crippen LogP contribution >= 0.6 is 0 Å². The Morgan fingerprint density at radius 1 is 0.750 bits per heavy atom. The van der Waals surface area contributed by atoms with Gasteiger partial charge in [0.2, 0.25) is 0 Å². The van der Waals surface area contributed by atoms with Crippen molar-refractivity contribution in [3.63, 3.8) is 0 Å². The van der Waals surface area contributed by atoms with Crippen molar-refractivity contribution in [2.75, 3.05) is 11.5 Å². The molecule has 234 valence electrons. The summed E-state index contributed by atoms with van der Waals surface area (Å²) in [6, 6.07) is 22.3. The molecule has 0 saturated carbocycles. The quantitative estimate of drug-likeness (QED) is 0.160. The van der Waals surface area contributed by atoms with E-state index in [-0.39, 0.29) is 23.6 Å². The number of hydrogen-bond acceptors (Lipinski definition) is 4.